The second-order valence-electron chi connectivity index (χ2n) is 5.00. The van der Waals surface area contributed by atoms with Gasteiger partial charge in [0.2, 0.25) is 0 Å². The van der Waals surface area contributed by atoms with Crippen molar-refractivity contribution in [3.05, 3.63) is 15.6 Å². The molecule has 5 nitrogen and oxygen atoms in total. The van der Waals surface area contributed by atoms with Crippen LogP contribution in [0.25, 0.3) is 0 Å². The van der Waals surface area contributed by atoms with Crippen LogP contribution in [0.2, 0.25) is 0 Å². The van der Waals surface area contributed by atoms with Gasteiger partial charge in [0, 0.05) is 13.0 Å². The number of nitrogen functional groups attached to an aromatic ring is 1. The molecule has 1 saturated heterocycles. The first-order valence-electron chi connectivity index (χ1n) is 6.90. The fourth-order valence-electron chi connectivity index (χ4n) is 2.45. The van der Waals surface area contributed by atoms with Crippen LogP contribution in [0.1, 0.15) is 46.1 Å². The van der Waals surface area contributed by atoms with Gasteiger partial charge in [-0.25, -0.2) is 10.8 Å². The first-order chi connectivity index (χ1) is 9.20. The molecule has 1 aliphatic rings. The first kappa shape index (κ1) is 14.4. The van der Waals surface area contributed by atoms with Gasteiger partial charge in [0.1, 0.15) is 4.88 Å². The molecule has 6 heteroatoms. The maximum Gasteiger partial charge on any atom is 0.277 e. The van der Waals surface area contributed by atoms with Crippen LogP contribution in [-0.2, 0) is 6.42 Å². The molecule has 1 amide bonds. The lowest BCUT2D eigenvalue weighted by Gasteiger charge is -2.18. The molecule has 0 radical (unpaired) electrons. The molecule has 19 heavy (non-hydrogen) atoms. The number of likely N-dealkylation sites (tertiary alicyclic amines) is 1. The van der Waals surface area contributed by atoms with Crippen molar-refractivity contribution >= 4 is 17.2 Å². The van der Waals surface area contributed by atoms with Crippen molar-refractivity contribution in [3.8, 4) is 0 Å². The lowest BCUT2D eigenvalue weighted by molar-refractivity contribution is 0.0957. The molecule has 1 aromatic rings. The zero-order chi connectivity index (χ0) is 13.7. The van der Waals surface area contributed by atoms with E-state index in [0.29, 0.717) is 4.88 Å². The maximum absolute atomic E-state index is 11.5. The Morgan fingerprint density at radius 2 is 2.05 bits per heavy atom. The molecule has 2 rings (SSSR count). The Bertz CT molecular complexity index is 424. The van der Waals surface area contributed by atoms with Crippen LogP contribution < -0.4 is 11.3 Å². The molecule has 0 spiro atoms. The van der Waals surface area contributed by atoms with Crippen LogP contribution in [0.3, 0.4) is 0 Å². The van der Waals surface area contributed by atoms with E-state index in [-0.39, 0.29) is 5.91 Å². The normalized spacial score (nSPS) is 17.2. The van der Waals surface area contributed by atoms with E-state index < -0.39 is 0 Å². The first-order valence-corrected chi connectivity index (χ1v) is 7.72. The third kappa shape index (κ3) is 3.99. The Morgan fingerprint density at radius 3 is 2.68 bits per heavy atom. The predicted octanol–water partition coefficient (Wildman–Crippen LogP) is 1.47. The largest absolute Gasteiger partial charge is 0.303 e. The summed E-state index contributed by atoms with van der Waals surface area (Å²) in [7, 11) is 0. The summed E-state index contributed by atoms with van der Waals surface area (Å²) in [6.45, 7) is 5.29. The number of nitrogens with two attached hydrogens (primary N) is 1. The Hall–Kier alpha value is -0.980. The van der Waals surface area contributed by atoms with E-state index in [1.165, 1.54) is 50.1 Å². The van der Waals surface area contributed by atoms with Crippen molar-refractivity contribution in [1.82, 2.24) is 15.3 Å². The zero-order valence-corrected chi connectivity index (χ0v) is 12.3. The monoisotopic (exact) mass is 282 g/mol. The molecule has 3 N–H and O–H groups in total. The third-order valence-corrected chi connectivity index (χ3v) is 4.73. The Kier molecular flexibility index (Phi) is 5.30. The zero-order valence-electron chi connectivity index (χ0n) is 11.4. The fourth-order valence-corrected chi connectivity index (χ4v) is 3.41. The van der Waals surface area contributed by atoms with Crippen LogP contribution in [0.4, 0.5) is 0 Å². The molecule has 0 aliphatic carbocycles. The van der Waals surface area contributed by atoms with E-state index in [0.717, 1.165) is 23.7 Å². The highest BCUT2D eigenvalue weighted by molar-refractivity contribution is 7.13. The SMILES string of the molecule is Cc1nc(CCN2CCCCCC2)sc1C(=O)NN. The molecule has 0 saturated carbocycles. The maximum atomic E-state index is 11.5. The predicted molar refractivity (Wildman–Crippen MR) is 77.1 cm³/mol. The Labute approximate surface area is 118 Å². The molecular formula is C13H22N4OS. The van der Waals surface area contributed by atoms with Gasteiger partial charge in [-0.05, 0) is 32.9 Å². The van der Waals surface area contributed by atoms with E-state index >= 15 is 0 Å². The number of aryl methyl sites for hydroxylation is 1. The second kappa shape index (κ2) is 6.98. The highest BCUT2D eigenvalue weighted by Crippen LogP contribution is 2.19. The minimum Gasteiger partial charge on any atom is -0.303 e. The highest BCUT2D eigenvalue weighted by atomic mass is 32.1. The van der Waals surface area contributed by atoms with Gasteiger partial charge in [0.05, 0.1) is 10.7 Å². The molecule has 1 aliphatic heterocycles. The number of nitrogens with one attached hydrogen (secondary N) is 1. The summed E-state index contributed by atoms with van der Waals surface area (Å²) in [5.74, 6) is 4.92. The smallest absolute Gasteiger partial charge is 0.277 e. The molecule has 0 atom stereocenters. The molecule has 1 aromatic heterocycles. The highest BCUT2D eigenvalue weighted by Gasteiger charge is 2.15. The summed E-state index contributed by atoms with van der Waals surface area (Å²) < 4.78 is 0. The van der Waals surface area contributed by atoms with Gasteiger partial charge in [-0.3, -0.25) is 10.2 Å². The summed E-state index contributed by atoms with van der Waals surface area (Å²) in [5.41, 5.74) is 2.95. The number of aromatic nitrogens is 1. The average Bonchev–Trinajstić information content (AvgIpc) is 2.64. The minimum atomic E-state index is -0.240. The minimum absolute atomic E-state index is 0.240. The van der Waals surface area contributed by atoms with Gasteiger partial charge in [-0.15, -0.1) is 11.3 Å². The third-order valence-electron chi connectivity index (χ3n) is 3.52. The number of rotatable bonds is 4. The summed E-state index contributed by atoms with van der Waals surface area (Å²) in [6.07, 6.45) is 6.24. The average molecular weight is 282 g/mol. The van der Waals surface area contributed by atoms with Crippen molar-refractivity contribution in [2.45, 2.75) is 39.0 Å². The van der Waals surface area contributed by atoms with Gasteiger partial charge in [-0.2, -0.15) is 0 Å². The number of nitrogens with zero attached hydrogens (tertiary/aromatic N) is 2. The quantitative estimate of drug-likeness (QED) is 0.498. The number of carbonyl (C=O) groups is 1. The number of carbonyl (C=O) groups excluding carboxylic acids is 1. The van der Waals surface area contributed by atoms with Crippen molar-refractivity contribution in [2.24, 2.45) is 5.84 Å². The molecule has 0 unspecified atom stereocenters. The molecule has 106 valence electrons. The van der Waals surface area contributed by atoms with Crippen LogP contribution in [0.5, 0.6) is 0 Å². The van der Waals surface area contributed by atoms with E-state index in [9.17, 15) is 4.79 Å². The number of thiazole rings is 1. The van der Waals surface area contributed by atoms with Gasteiger partial charge in [-0.1, -0.05) is 12.8 Å². The molecule has 2 heterocycles. The topological polar surface area (TPSA) is 71.2 Å². The van der Waals surface area contributed by atoms with Crippen molar-refractivity contribution in [3.63, 3.8) is 0 Å². The van der Waals surface area contributed by atoms with Crippen LogP contribution in [0.15, 0.2) is 0 Å². The van der Waals surface area contributed by atoms with Crippen molar-refractivity contribution in [2.75, 3.05) is 19.6 Å². The van der Waals surface area contributed by atoms with Gasteiger partial charge in [0.15, 0.2) is 0 Å². The summed E-state index contributed by atoms with van der Waals surface area (Å²) >= 11 is 1.46. The number of amides is 1. The molecule has 0 bridgehead atoms. The number of hydrogen-bond donors (Lipinski definition) is 2. The molecular weight excluding hydrogens is 260 g/mol. The van der Waals surface area contributed by atoms with E-state index in [2.05, 4.69) is 15.3 Å². The summed E-state index contributed by atoms with van der Waals surface area (Å²) in [6, 6.07) is 0. The fraction of sp³-hybridized carbons (Fsp3) is 0.692. The molecule has 0 aromatic carbocycles. The van der Waals surface area contributed by atoms with Gasteiger partial charge < -0.3 is 4.90 Å². The van der Waals surface area contributed by atoms with Crippen LogP contribution in [0, 0.1) is 6.92 Å². The lowest BCUT2D eigenvalue weighted by Crippen LogP contribution is -2.29. The van der Waals surface area contributed by atoms with Gasteiger partial charge in [0.25, 0.3) is 5.91 Å². The van der Waals surface area contributed by atoms with Crippen LogP contribution >= 0.6 is 11.3 Å². The van der Waals surface area contributed by atoms with E-state index in [1.54, 1.807) is 0 Å². The lowest BCUT2D eigenvalue weighted by atomic mass is 10.2. The summed E-state index contributed by atoms with van der Waals surface area (Å²) in [5, 5.41) is 1.03. The standard InChI is InChI=1S/C13H22N4OS/c1-10-12(13(18)16-14)19-11(15-10)6-9-17-7-4-2-3-5-8-17/h2-9,14H2,1H3,(H,16,18). The van der Waals surface area contributed by atoms with E-state index in [1.807, 2.05) is 6.92 Å². The second-order valence-corrected chi connectivity index (χ2v) is 6.09. The van der Waals surface area contributed by atoms with E-state index in [4.69, 9.17) is 5.84 Å². The number of hydrazine groups is 1. The van der Waals surface area contributed by atoms with Crippen LogP contribution in [-0.4, -0.2) is 35.4 Å². The summed E-state index contributed by atoms with van der Waals surface area (Å²) in [4.78, 5) is 19.1. The van der Waals surface area contributed by atoms with Gasteiger partial charge >= 0.3 is 0 Å². The number of hydrogen-bond acceptors (Lipinski definition) is 5. The van der Waals surface area contributed by atoms with Crippen molar-refractivity contribution < 1.29 is 4.79 Å². The Balaban J connectivity index is 1.90. The Morgan fingerprint density at radius 1 is 1.37 bits per heavy atom. The molecule has 1 fully saturated rings. The van der Waals surface area contributed by atoms with Crippen molar-refractivity contribution in [1.29, 1.82) is 0 Å².